The summed E-state index contributed by atoms with van der Waals surface area (Å²) in [5.41, 5.74) is 1.18. The minimum atomic E-state index is -0.191. The van der Waals surface area contributed by atoms with Gasteiger partial charge in [0.25, 0.3) is 5.91 Å². The van der Waals surface area contributed by atoms with Crippen LogP contribution in [0.1, 0.15) is 36.2 Å². The van der Waals surface area contributed by atoms with E-state index in [1.807, 2.05) is 24.3 Å². The van der Waals surface area contributed by atoms with Gasteiger partial charge in [-0.15, -0.1) is 11.3 Å². The minimum Gasteiger partial charge on any atom is -0.495 e. The second kappa shape index (κ2) is 10.1. The summed E-state index contributed by atoms with van der Waals surface area (Å²) >= 11 is 1.37. The highest BCUT2D eigenvalue weighted by molar-refractivity contribution is 7.14. The molecule has 2 saturated heterocycles. The Morgan fingerprint density at radius 3 is 2.97 bits per heavy atom. The van der Waals surface area contributed by atoms with Crippen LogP contribution in [0, 0.1) is 5.92 Å². The molecule has 0 aliphatic carbocycles. The molecule has 8 nitrogen and oxygen atoms in total. The summed E-state index contributed by atoms with van der Waals surface area (Å²) in [6.07, 6.45) is 3.76. The summed E-state index contributed by atoms with van der Waals surface area (Å²) in [6.45, 7) is 2.38. The van der Waals surface area contributed by atoms with E-state index in [2.05, 4.69) is 15.6 Å². The number of carbonyl (C=O) groups excluding carboxylic acids is 2. The van der Waals surface area contributed by atoms with Crippen LogP contribution in [0.2, 0.25) is 0 Å². The van der Waals surface area contributed by atoms with E-state index in [4.69, 9.17) is 9.47 Å². The Morgan fingerprint density at radius 2 is 2.16 bits per heavy atom. The molecule has 2 aliphatic heterocycles. The molecule has 2 N–H and O–H groups in total. The van der Waals surface area contributed by atoms with Crippen LogP contribution in [0.3, 0.4) is 0 Å². The molecule has 1 aromatic carbocycles. The van der Waals surface area contributed by atoms with Gasteiger partial charge in [0.2, 0.25) is 5.91 Å². The number of aromatic nitrogens is 1. The van der Waals surface area contributed by atoms with Crippen molar-refractivity contribution in [3.05, 3.63) is 35.3 Å². The van der Waals surface area contributed by atoms with Crippen molar-refractivity contribution in [3.63, 3.8) is 0 Å². The van der Waals surface area contributed by atoms with Crippen LogP contribution < -0.4 is 15.4 Å². The predicted octanol–water partition coefficient (Wildman–Crippen LogP) is 3.04. The first-order chi connectivity index (χ1) is 15.1. The third kappa shape index (κ3) is 5.34. The summed E-state index contributed by atoms with van der Waals surface area (Å²) in [5.74, 6) is 0.383. The third-order valence-corrected chi connectivity index (χ3v) is 6.44. The summed E-state index contributed by atoms with van der Waals surface area (Å²) in [6, 6.07) is 7.55. The monoisotopic (exact) mass is 444 g/mol. The van der Waals surface area contributed by atoms with E-state index in [1.54, 1.807) is 17.4 Å². The number of thiazole rings is 1. The summed E-state index contributed by atoms with van der Waals surface area (Å²) in [4.78, 5) is 31.8. The van der Waals surface area contributed by atoms with Crippen LogP contribution >= 0.6 is 11.3 Å². The molecule has 0 saturated carbocycles. The fourth-order valence-electron chi connectivity index (χ4n) is 3.99. The lowest BCUT2D eigenvalue weighted by Crippen LogP contribution is -2.46. The lowest BCUT2D eigenvalue weighted by molar-refractivity contribution is -0.126. The molecule has 0 spiro atoms. The number of methoxy groups -OCH3 is 1. The largest absolute Gasteiger partial charge is 0.495 e. The van der Waals surface area contributed by atoms with Gasteiger partial charge in [-0.25, -0.2) is 4.98 Å². The van der Waals surface area contributed by atoms with Crippen molar-refractivity contribution in [3.8, 4) is 5.75 Å². The average Bonchev–Trinajstić information content (AvgIpc) is 3.50. The van der Waals surface area contributed by atoms with Gasteiger partial charge < -0.3 is 25.0 Å². The van der Waals surface area contributed by atoms with E-state index in [0.29, 0.717) is 36.2 Å². The zero-order valence-corrected chi connectivity index (χ0v) is 18.5. The number of nitrogens with zero attached hydrogens (tertiary/aromatic N) is 2. The van der Waals surface area contributed by atoms with Crippen molar-refractivity contribution in [2.45, 2.75) is 31.8 Å². The van der Waals surface area contributed by atoms with E-state index in [1.165, 1.54) is 11.3 Å². The number of carbonyl (C=O) groups is 2. The van der Waals surface area contributed by atoms with E-state index in [-0.39, 0.29) is 23.8 Å². The zero-order valence-electron chi connectivity index (χ0n) is 17.6. The molecule has 2 atom stereocenters. The number of ether oxygens (including phenoxy) is 2. The van der Waals surface area contributed by atoms with Gasteiger partial charge in [0.15, 0.2) is 5.13 Å². The van der Waals surface area contributed by atoms with Crippen molar-refractivity contribution < 1.29 is 19.1 Å². The average molecular weight is 445 g/mol. The Balaban J connectivity index is 1.34. The second-order valence-electron chi connectivity index (χ2n) is 7.83. The Kier molecular flexibility index (Phi) is 7.03. The fraction of sp³-hybridized carbons (Fsp3) is 0.500. The molecule has 4 rings (SSSR count). The Bertz CT molecular complexity index is 912. The molecule has 2 aromatic rings. The molecule has 0 bridgehead atoms. The molecule has 166 valence electrons. The molecule has 3 heterocycles. The topological polar surface area (TPSA) is 92.8 Å². The SMILES string of the molecule is COc1ccccc1Nc1nc(C(=O)N2CCC[C@@H](C(=O)NC[C@@H]3CCCO3)C2)cs1. The standard InChI is InChI=1S/C22H28N4O4S/c1-29-19-9-3-2-8-17(19)24-22-25-18(14-31-22)21(28)26-10-4-6-15(13-26)20(27)23-12-16-7-5-11-30-16/h2-3,8-9,14-16H,4-7,10-13H2,1H3,(H,23,27)(H,24,25)/t15-,16+/m1/s1. The van der Waals surface area contributed by atoms with Gasteiger partial charge in [-0.2, -0.15) is 0 Å². The molecule has 2 aliphatic rings. The minimum absolute atomic E-state index is 0.00445. The fourth-order valence-corrected chi connectivity index (χ4v) is 4.69. The van der Waals surface area contributed by atoms with Crippen molar-refractivity contribution in [2.75, 3.05) is 38.7 Å². The number of hydrogen-bond donors (Lipinski definition) is 2. The van der Waals surface area contributed by atoms with Gasteiger partial charge in [0, 0.05) is 31.6 Å². The van der Waals surface area contributed by atoms with Gasteiger partial charge in [-0.05, 0) is 37.8 Å². The molecule has 31 heavy (non-hydrogen) atoms. The van der Waals surface area contributed by atoms with E-state index < -0.39 is 0 Å². The Hall–Kier alpha value is -2.65. The lowest BCUT2D eigenvalue weighted by atomic mass is 9.97. The van der Waals surface area contributed by atoms with Crippen LogP contribution in [-0.4, -0.2) is 61.2 Å². The number of nitrogens with one attached hydrogen (secondary N) is 2. The predicted molar refractivity (Wildman–Crippen MR) is 119 cm³/mol. The third-order valence-electron chi connectivity index (χ3n) is 5.68. The first-order valence-corrected chi connectivity index (χ1v) is 11.6. The first kappa shape index (κ1) is 21.6. The van der Waals surface area contributed by atoms with Gasteiger partial charge >= 0.3 is 0 Å². The highest BCUT2D eigenvalue weighted by Gasteiger charge is 2.30. The maximum atomic E-state index is 13.0. The summed E-state index contributed by atoms with van der Waals surface area (Å²) < 4.78 is 10.9. The number of amides is 2. The molecule has 1 aromatic heterocycles. The smallest absolute Gasteiger partial charge is 0.273 e. The number of rotatable bonds is 7. The van der Waals surface area contributed by atoms with Crippen LogP contribution in [0.25, 0.3) is 0 Å². The Morgan fingerprint density at radius 1 is 1.29 bits per heavy atom. The molecular weight excluding hydrogens is 416 g/mol. The van der Waals surface area contributed by atoms with Crippen LogP contribution in [0.5, 0.6) is 5.75 Å². The van der Waals surface area contributed by atoms with E-state index >= 15 is 0 Å². The molecule has 2 fully saturated rings. The van der Waals surface area contributed by atoms with Crippen LogP contribution in [0.4, 0.5) is 10.8 Å². The van der Waals surface area contributed by atoms with E-state index in [9.17, 15) is 9.59 Å². The van der Waals surface area contributed by atoms with Crippen molar-refractivity contribution in [1.29, 1.82) is 0 Å². The van der Waals surface area contributed by atoms with Gasteiger partial charge in [0.05, 0.1) is 24.8 Å². The quantitative estimate of drug-likeness (QED) is 0.682. The number of likely N-dealkylation sites (tertiary alicyclic amines) is 1. The van der Waals surface area contributed by atoms with Crippen molar-refractivity contribution in [1.82, 2.24) is 15.2 Å². The number of para-hydroxylation sites is 2. The molecule has 0 radical (unpaired) electrons. The summed E-state index contributed by atoms with van der Waals surface area (Å²) in [5, 5.41) is 8.58. The van der Waals surface area contributed by atoms with Crippen LogP contribution in [0.15, 0.2) is 29.6 Å². The molecule has 2 amide bonds. The van der Waals surface area contributed by atoms with Crippen molar-refractivity contribution >= 4 is 34.0 Å². The maximum Gasteiger partial charge on any atom is 0.273 e. The van der Waals surface area contributed by atoms with Crippen LogP contribution in [-0.2, 0) is 9.53 Å². The normalized spacial score (nSPS) is 21.0. The second-order valence-corrected chi connectivity index (χ2v) is 8.69. The number of hydrogen-bond acceptors (Lipinski definition) is 7. The van der Waals surface area contributed by atoms with Crippen molar-refractivity contribution in [2.24, 2.45) is 5.92 Å². The molecular formula is C22H28N4O4S. The van der Waals surface area contributed by atoms with E-state index in [0.717, 1.165) is 38.0 Å². The first-order valence-electron chi connectivity index (χ1n) is 10.7. The number of anilines is 2. The number of piperidine rings is 1. The molecule has 0 unspecified atom stereocenters. The van der Waals surface area contributed by atoms with Gasteiger partial charge in [0.1, 0.15) is 11.4 Å². The zero-order chi connectivity index (χ0) is 21.6. The molecule has 9 heteroatoms. The highest BCUT2D eigenvalue weighted by atomic mass is 32.1. The van der Waals surface area contributed by atoms with Gasteiger partial charge in [-0.1, -0.05) is 12.1 Å². The Labute approximate surface area is 185 Å². The highest BCUT2D eigenvalue weighted by Crippen LogP contribution is 2.29. The number of benzene rings is 1. The maximum absolute atomic E-state index is 13.0. The van der Waals surface area contributed by atoms with Gasteiger partial charge in [-0.3, -0.25) is 9.59 Å². The lowest BCUT2D eigenvalue weighted by Gasteiger charge is -2.31. The summed E-state index contributed by atoms with van der Waals surface area (Å²) in [7, 11) is 1.61.